The van der Waals surface area contributed by atoms with Crippen molar-refractivity contribution in [3.8, 4) is 0 Å². The maximum Gasteiger partial charge on any atom is 0.427 e. The van der Waals surface area contributed by atoms with Crippen molar-refractivity contribution in [2.45, 2.75) is 101 Å². The molecule has 0 saturated heterocycles. The Kier molecular flexibility index (Phi) is 6.82. The van der Waals surface area contributed by atoms with Gasteiger partial charge < -0.3 is 9.47 Å². The largest absolute Gasteiger partial charge is 0.459 e. The molecule has 0 radical (unpaired) electrons. The van der Waals surface area contributed by atoms with Gasteiger partial charge in [0.2, 0.25) is 10.9 Å². The SMILES string of the molecule is CCC(C)(C)C(=O)OC12CC3CC(C1)CC(C(=O)OC(C(F)(F)F)C(C)(C(F)(F)F)S(=O)(=O)O)(C3)C2. The molecule has 4 aliphatic rings. The summed E-state index contributed by atoms with van der Waals surface area (Å²) < 4.78 is 120. The van der Waals surface area contributed by atoms with Crippen LogP contribution in [0, 0.1) is 22.7 Å². The molecule has 4 unspecified atom stereocenters. The second-order valence-electron chi connectivity index (χ2n) is 11.5. The van der Waals surface area contributed by atoms with Crippen molar-refractivity contribution in [3.05, 3.63) is 0 Å². The molecule has 14 heteroatoms. The topological polar surface area (TPSA) is 107 Å². The molecular formula is C22H30F6O7S. The summed E-state index contributed by atoms with van der Waals surface area (Å²) in [6, 6.07) is 0. The second kappa shape index (κ2) is 8.47. The Balaban J connectivity index is 1.98. The number of ether oxygens (including phenoxy) is 2. The molecule has 0 spiro atoms. The van der Waals surface area contributed by atoms with E-state index < -0.39 is 61.7 Å². The van der Waals surface area contributed by atoms with Crippen LogP contribution in [0.15, 0.2) is 0 Å². The highest BCUT2D eigenvalue weighted by molar-refractivity contribution is 7.87. The van der Waals surface area contributed by atoms with E-state index in [1.165, 1.54) is 0 Å². The molecular weight excluding hydrogens is 522 g/mol. The lowest BCUT2D eigenvalue weighted by molar-refractivity contribution is -0.276. The average molecular weight is 553 g/mol. The van der Waals surface area contributed by atoms with Gasteiger partial charge in [-0.15, -0.1) is 0 Å². The standard InChI is InChI=1S/C22H30F6O7S/c1-5-17(2,3)15(29)35-20-9-12-6-13(10-20)8-19(7-12,11-20)16(30)34-14(21(23,24)25)18(4,22(26,27)28)36(31,32)33/h12-14H,5-11H2,1-4H3,(H,31,32,33). The smallest absolute Gasteiger partial charge is 0.427 e. The van der Waals surface area contributed by atoms with E-state index in [0.717, 1.165) is 0 Å². The van der Waals surface area contributed by atoms with Gasteiger partial charge in [-0.1, -0.05) is 6.92 Å². The van der Waals surface area contributed by atoms with Gasteiger partial charge in [0.25, 0.3) is 10.1 Å². The molecule has 0 aromatic carbocycles. The molecule has 4 bridgehead atoms. The fourth-order valence-corrected chi connectivity index (χ4v) is 6.91. The molecule has 4 atom stereocenters. The van der Waals surface area contributed by atoms with Gasteiger partial charge in [0, 0.05) is 6.42 Å². The van der Waals surface area contributed by atoms with Crippen LogP contribution >= 0.6 is 0 Å². The molecule has 0 aliphatic heterocycles. The molecule has 36 heavy (non-hydrogen) atoms. The number of halogens is 6. The maximum absolute atomic E-state index is 13.8. The number of carbonyl (C=O) groups is 2. The zero-order valence-electron chi connectivity index (χ0n) is 20.3. The lowest BCUT2D eigenvalue weighted by atomic mass is 9.48. The van der Waals surface area contributed by atoms with Crippen LogP contribution in [-0.4, -0.2) is 53.7 Å². The number of hydrogen-bond donors (Lipinski definition) is 1. The molecule has 0 amide bonds. The van der Waals surface area contributed by atoms with E-state index in [9.17, 15) is 48.9 Å². The Morgan fingerprint density at radius 3 is 1.89 bits per heavy atom. The fraction of sp³-hybridized carbons (Fsp3) is 0.909. The Hall–Kier alpha value is -1.57. The van der Waals surface area contributed by atoms with Crippen LogP contribution in [0.5, 0.6) is 0 Å². The first-order valence-electron chi connectivity index (χ1n) is 11.6. The van der Waals surface area contributed by atoms with Gasteiger partial charge in [0.05, 0.1) is 10.8 Å². The van der Waals surface area contributed by atoms with Gasteiger partial charge in [-0.2, -0.15) is 34.8 Å². The monoisotopic (exact) mass is 552 g/mol. The Morgan fingerprint density at radius 2 is 1.50 bits per heavy atom. The van der Waals surface area contributed by atoms with E-state index >= 15 is 0 Å². The molecule has 4 saturated carbocycles. The molecule has 0 heterocycles. The van der Waals surface area contributed by atoms with Crippen LogP contribution < -0.4 is 0 Å². The minimum absolute atomic E-state index is 0.0119. The Labute approximate surface area is 205 Å². The quantitative estimate of drug-likeness (QED) is 0.270. The van der Waals surface area contributed by atoms with Gasteiger partial charge in [-0.05, 0) is 71.1 Å². The van der Waals surface area contributed by atoms with Crippen molar-refractivity contribution in [1.82, 2.24) is 0 Å². The van der Waals surface area contributed by atoms with E-state index in [0.29, 0.717) is 25.7 Å². The van der Waals surface area contributed by atoms with Crippen molar-refractivity contribution in [3.63, 3.8) is 0 Å². The fourth-order valence-electron chi connectivity index (χ4n) is 6.17. The summed E-state index contributed by atoms with van der Waals surface area (Å²) in [6.07, 6.45) is -14.8. The van der Waals surface area contributed by atoms with Crippen molar-refractivity contribution in [1.29, 1.82) is 0 Å². The highest BCUT2D eigenvalue weighted by atomic mass is 32.2. The summed E-state index contributed by atoms with van der Waals surface area (Å²) in [4.78, 5) is 26.0. The highest BCUT2D eigenvalue weighted by Gasteiger charge is 2.74. The van der Waals surface area contributed by atoms with Crippen molar-refractivity contribution in [2.24, 2.45) is 22.7 Å². The summed E-state index contributed by atoms with van der Waals surface area (Å²) in [6.45, 7) is 4.70. The van der Waals surface area contributed by atoms with Crippen LogP contribution in [0.3, 0.4) is 0 Å². The van der Waals surface area contributed by atoms with Crippen LogP contribution in [0.1, 0.15) is 72.6 Å². The Bertz CT molecular complexity index is 1000. The molecule has 7 nitrogen and oxygen atoms in total. The third-order valence-electron chi connectivity index (χ3n) is 8.31. The summed E-state index contributed by atoms with van der Waals surface area (Å²) in [5, 5.41) is 0. The van der Waals surface area contributed by atoms with Gasteiger partial charge in [-0.25, -0.2) is 0 Å². The van der Waals surface area contributed by atoms with Gasteiger partial charge in [0.15, 0.2) is 0 Å². The van der Waals surface area contributed by atoms with E-state index in [1.807, 2.05) is 0 Å². The molecule has 4 aliphatic carbocycles. The molecule has 208 valence electrons. The number of alkyl halides is 6. The van der Waals surface area contributed by atoms with E-state index in [-0.39, 0.29) is 38.0 Å². The summed E-state index contributed by atoms with van der Waals surface area (Å²) in [5.41, 5.74) is -3.74. The predicted octanol–water partition coefficient (Wildman–Crippen LogP) is 4.99. The average Bonchev–Trinajstić information content (AvgIpc) is 2.67. The maximum atomic E-state index is 13.8. The predicted molar refractivity (Wildman–Crippen MR) is 112 cm³/mol. The number of carbonyl (C=O) groups excluding carboxylic acids is 2. The third-order valence-corrected chi connectivity index (χ3v) is 9.82. The highest BCUT2D eigenvalue weighted by Crippen LogP contribution is 2.64. The van der Waals surface area contributed by atoms with Crippen molar-refractivity contribution >= 4 is 22.1 Å². The molecule has 0 aromatic heterocycles. The van der Waals surface area contributed by atoms with E-state index in [2.05, 4.69) is 4.74 Å². The van der Waals surface area contributed by atoms with Crippen LogP contribution in [0.25, 0.3) is 0 Å². The summed E-state index contributed by atoms with van der Waals surface area (Å²) in [5.74, 6) is -2.68. The Morgan fingerprint density at radius 1 is 1.00 bits per heavy atom. The second-order valence-corrected chi connectivity index (χ2v) is 13.3. The molecule has 4 fully saturated rings. The number of esters is 2. The molecule has 0 aromatic rings. The van der Waals surface area contributed by atoms with Crippen LogP contribution in [0.4, 0.5) is 26.3 Å². The van der Waals surface area contributed by atoms with Crippen LogP contribution in [-0.2, 0) is 29.2 Å². The van der Waals surface area contributed by atoms with Gasteiger partial charge in [-0.3, -0.25) is 14.1 Å². The number of hydrogen-bond acceptors (Lipinski definition) is 6. The van der Waals surface area contributed by atoms with Crippen molar-refractivity contribution < 1.29 is 58.4 Å². The lowest BCUT2D eigenvalue weighted by Gasteiger charge is -2.60. The first-order valence-corrected chi connectivity index (χ1v) is 13.0. The number of rotatable bonds is 7. The van der Waals surface area contributed by atoms with E-state index in [1.54, 1.807) is 20.8 Å². The van der Waals surface area contributed by atoms with Crippen molar-refractivity contribution in [2.75, 3.05) is 0 Å². The zero-order chi connectivity index (χ0) is 27.8. The zero-order valence-corrected chi connectivity index (χ0v) is 21.1. The lowest BCUT2D eigenvalue weighted by Crippen LogP contribution is -2.65. The van der Waals surface area contributed by atoms with Gasteiger partial charge in [0.1, 0.15) is 5.60 Å². The summed E-state index contributed by atoms with van der Waals surface area (Å²) in [7, 11) is -6.45. The van der Waals surface area contributed by atoms with Gasteiger partial charge >= 0.3 is 24.3 Å². The first kappa shape index (κ1) is 29.0. The summed E-state index contributed by atoms with van der Waals surface area (Å²) >= 11 is 0. The minimum Gasteiger partial charge on any atom is -0.459 e. The first-order chi connectivity index (χ1) is 16.0. The third kappa shape index (κ3) is 4.71. The van der Waals surface area contributed by atoms with E-state index in [4.69, 9.17) is 4.74 Å². The molecule has 4 rings (SSSR count). The minimum atomic E-state index is -6.45. The normalized spacial score (nSPS) is 33.1. The van der Waals surface area contributed by atoms with Crippen LogP contribution in [0.2, 0.25) is 0 Å². The molecule has 1 N–H and O–H groups in total.